The molecule has 0 heterocycles. The number of carbonyl (C=O) groups excluding carboxylic acids is 2. The summed E-state index contributed by atoms with van der Waals surface area (Å²) in [7, 11) is 1.56. The Kier molecular flexibility index (Phi) is 6.00. The van der Waals surface area contributed by atoms with Crippen molar-refractivity contribution >= 4 is 11.8 Å². The van der Waals surface area contributed by atoms with Crippen LogP contribution in [0.4, 0.5) is 0 Å². The molecule has 27 heavy (non-hydrogen) atoms. The Bertz CT molecular complexity index is 915. The van der Waals surface area contributed by atoms with Gasteiger partial charge in [-0.25, -0.2) is 4.79 Å². The van der Waals surface area contributed by atoms with E-state index in [1.165, 1.54) is 0 Å². The van der Waals surface area contributed by atoms with E-state index in [0.717, 1.165) is 11.1 Å². The monoisotopic (exact) mass is 360 g/mol. The first-order valence-electron chi connectivity index (χ1n) is 8.63. The van der Waals surface area contributed by atoms with E-state index in [1.807, 2.05) is 42.5 Å². The Hall–Kier alpha value is -3.40. The van der Waals surface area contributed by atoms with Gasteiger partial charge in [-0.15, -0.1) is 0 Å². The maximum absolute atomic E-state index is 12.5. The lowest BCUT2D eigenvalue weighted by Gasteiger charge is -2.10. The molecule has 0 aromatic heterocycles. The minimum atomic E-state index is -0.497. The first kappa shape index (κ1) is 18.4. The quantitative estimate of drug-likeness (QED) is 0.465. The van der Waals surface area contributed by atoms with Gasteiger partial charge in [0.2, 0.25) is 0 Å². The van der Waals surface area contributed by atoms with Crippen molar-refractivity contribution in [3.8, 4) is 5.75 Å². The normalized spacial score (nSPS) is 10.3. The molecule has 0 radical (unpaired) electrons. The van der Waals surface area contributed by atoms with E-state index in [-0.39, 0.29) is 12.4 Å². The highest BCUT2D eigenvalue weighted by molar-refractivity contribution is 5.99. The molecule has 0 N–H and O–H groups in total. The number of benzene rings is 3. The van der Waals surface area contributed by atoms with Gasteiger partial charge in [-0.3, -0.25) is 4.79 Å². The number of hydrogen-bond acceptors (Lipinski definition) is 4. The zero-order valence-electron chi connectivity index (χ0n) is 15.1. The number of Topliss-reactive ketones (excluding diaryl/α,β-unsaturated/α-hetero) is 1. The summed E-state index contributed by atoms with van der Waals surface area (Å²) in [5, 5.41) is 0. The third-order valence-corrected chi connectivity index (χ3v) is 4.22. The Labute approximate surface area is 158 Å². The largest absolute Gasteiger partial charge is 0.497 e. The average Bonchev–Trinajstić information content (AvgIpc) is 2.73. The molecular weight excluding hydrogens is 340 g/mol. The van der Waals surface area contributed by atoms with Gasteiger partial charge in [-0.05, 0) is 47.9 Å². The van der Waals surface area contributed by atoms with Gasteiger partial charge in [0.1, 0.15) is 5.75 Å². The molecule has 0 unspecified atom stereocenters. The molecule has 136 valence electrons. The first-order chi connectivity index (χ1) is 13.2. The van der Waals surface area contributed by atoms with Crippen LogP contribution < -0.4 is 4.74 Å². The summed E-state index contributed by atoms with van der Waals surface area (Å²) in [5.41, 5.74) is 2.92. The van der Waals surface area contributed by atoms with Crippen LogP contribution in [0.25, 0.3) is 0 Å². The number of methoxy groups -OCH3 is 1. The number of ether oxygens (including phenoxy) is 2. The van der Waals surface area contributed by atoms with Gasteiger partial charge in [0.15, 0.2) is 12.4 Å². The van der Waals surface area contributed by atoms with Crippen molar-refractivity contribution in [1.29, 1.82) is 0 Å². The summed E-state index contributed by atoms with van der Waals surface area (Å²) in [5.74, 6) is -0.0895. The van der Waals surface area contributed by atoms with Crippen LogP contribution in [0.5, 0.6) is 5.75 Å². The molecule has 0 bridgehead atoms. The Morgan fingerprint density at radius 2 is 1.48 bits per heavy atom. The van der Waals surface area contributed by atoms with Gasteiger partial charge < -0.3 is 9.47 Å². The number of carbonyl (C=O) groups is 2. The van der Waals surface area contributed by atoms with Gasteiger partial charge in [-0.1, -0.05) is 48.5 Å². The van der Waals surface area contributed by atoms with Crippen molar-refractivity contribution < 1.29 is 19.1 Å². The predicted molar refractivity (Wildman–Crippen MR) is 103 cm³/mol. The van der Waals surface area contributed by atoms with Crippen molar-refractivity contribution in [2.45, 2.75) is 6.42 Å². The second-order valence-corrected chi connectivity index (χ2v) is 6.05. The Balaban J connectivity index is 1.66. The molecule has 0 aliphatic carbocycles. The Morgan fingerprint density at radius 3 is 2.19 bits per heavy atom. The lowest BCUT2D eigenvalue weighted by atomic mass is 10.00. The molecule has 0 fully saturated rings. The van der Waals surface area contributed by atoms with E-state index in [2.05, 4.69) is 0 Å². The fourth-order valence-corrected chi connectivity index (χ4v) is 2.76. The standard InChI is InChI=1S/C23H20O4/c1-26-20-13-11-18(12-14-20)22(24)16-27-23(25)21-10-6-5-9-19(21)15-17-7-3-2-4-8-17/h2-14H,15-16H2,1H3. The fraction of sp³-hybridized carbons (Fsp3) is 0.130. The Morgan fingerprint density at radius 1 is 0.815 bits per heavy atom. The lowest BCUT2D eigenvalue weighted by molar-refractivity contribution is 0.0473. The van der Waals surface area contributed by atoms with Gasteiger partial charge in [0, 0.05) is 5.56 Å². The van der Waals surface area contributed by atoms with Crippen molar-refractivity contribution in [1.82, 2.24) is 0 Å². The molecule has 0 amide bonds. The highest BCUT2D eigenvalue weighted by atomic mass is 16.5. The molecule has 0 aliphatic heterocycles. The molecule has 0 aliphatic rings. The zero-order valence-corrected chi connectivity index (χ0v) is 15.1. The summed E-state index contributed by atoms with van der Waals surface area (Å²) in [6.07, 6.45) is 0.624. The topological polar surface area (TPSA) is 52.6 Å². The number of ketones is 1. The molecule has 0 atom stereocenters. The highest BCUT2D eigenvalue weighted by Gasteiger charge is 2.15. The fourth-order valence-electron chi connectivity index (χ4n) is 2.76. The highest BCUT2D eigenvalue weighted by Crippen LogP contribution is 2.16. The maximum atomic E-state index is 12.5. The molecule has 0 spiro atoms. The summed E-state index contributed by atoms with van der Waals surface area (Å²) < 4.78 is 10.3. The predicted octanol–water partition coefficient (Wildman–Crippen LogP) is 4.33. The lowest BCUT2D eigenvalue weighted by Crippen LogP contribution is -2.15. The smallest absolute Gasteiger partial charge is 0.338 e. The van der Waals surface area contributed by atoms with Gasteiger partial charge >= 0.3 is 5.97 Å². The molecule has 0 saturated carbocycles. The summed E-state index contributed by atoms with van der Waals surface area (Å²) >= 11 is 0. The molecule has 3 rings (SSSR count). The van der Waals surface area contributed by atoms with Gasteiger partial charge in [0.25, 0.3) is 0 Å². The van der Waals surface area contributed by atoms with Crippen LogP contribution in [0.1, 0.15) is 31.8 Å². The molecular formula is C23H20O4. The summed E-state index contributed by atoms with van der Waals surface area (Å²) in [6, 6.07) is 23.9. The number of rotatable bonds is 7. The molecule has 4 nitrogen and oxygen atoms in total. The second-order valence-electron chi connectivity index (χ2n) is 6.05. The van der Waals surface area contributed by atoms with Crippen molar-refractivity contribution in [3.63, 3.8) is 0 Å². The number of hydrogen-bond donors (Lipinski definition) is 0. The second kappa shape index (κ2) is 8.81. The maximum Gasteiger partial charge on any atom is 0.338 e. The van der Waals surface area contributed by atoms with E-state index in [9.17, 15) is 9.59 Å². The third-order valence-electron chi connectivity index (χ3n) is 4.22. The van der Waals surface area contributed by atoms with Gasteiger partial charge in [0.05, 0.1) is 12.7 Å². The van der Waals surface area contributed by atoms with Crippen molar-refractivity contribution in [3.05, 3.63) is 101 Å². The summed E-state index contributed by atoms with van der Waals surface area (Å²) in [6.45, 7) is -0.301. The van der Waals surface area contributed by atoms with E-state index < -0.39 is 5.97 Å². The van der Waals surface area contributed by atoms with Crippen LogP contribution in [-0.4, -0.2) is 25.5 Å². The third kappa shape index (κ3) is 4.82. The van der Waals surface area contributed by atoms with Crippen LogP contribution in [0.3, 0.4) is 0 Å². The van der Waals surface area contributed by atoms with Crippen molar-refractivity contribution in [2.75, 3.05) is 13.7 Å². The van der Waals surface area contributed by atoms with Crippen LogP contribution in [-0.2, 0) is 11.2 Å². The van der Waals surface area contributed by atoms with E-state index in [0.29, 0.717) is 23.3 Å². The minimum absolute atomic E-state index is 0.258. The van der Waals surface area contributed by atoms with E-state index >= 15 is 0 Å². The van der Waals surface area contributed by atoms with E-state index in [4.69, 9.17) is 9.47 Å². The summed E-state index contributed by atoms with van der Waals surface area (Å²) in [4.78, 5) is 24.7. The van der Waals surface area contributed by atoms with Crippen LogP contribution in [0.2, 0.25) is 0 Å². The average molecular weight is 360 g/mol. The minimum Gasteiger partial charge on any atom is -0.497 e. The molecule has 3 aromatic carbocycles. The molecule has 4 heteroatoms. The molecule has 3 aromatic rings. The van der Waals surface area contributed by atoms with Crippen LogP contribution >= 0.6 is 0 Å². The zero-order chi connectivity index (χ0) is 19.1. The first-order valence-corrected chi connectivity index (χ1v) is 8.63. The van der Waals surface area contributed by atoms with E-state index in [1.54, 1.807) is 43.5 Å². The number of esters is 1. The van der Waals surface area contributed by atoms with Crippen LogP contribution in [0, 0.1) is 0 Å². The van der Waals surface area contributed by atoms with Crippen LogP contribution in [0.15, 0.2) is 78.9 Å². The SMILES string of the molecule is COc1ccc(C(=O)COC(=O)c2ccccc2Cc2ccccc2)cc1. The van der Waals surface area contributed by atoms with Gasteiger partial charge in [-0.2, -0.15) is 0 Å². The van der Waals surface area contributed by atoms with Crippen molar-refractivity contribution in [2.24, 2.45) is 0 Å². The molecule has 0 saturated heterocycles.